The lowest BCUT2D eigenvalue weighted by atomic mass is 10.1. The minimum absolute atomic E-state index is 0.133. The van der Waals surface area contributed by atoms with Crippen molar-refractivity contribution in [2.24, 2.45) is 0 Å². The predicted molar refractivity (Wildman–Crippen MR) is 83.5 cm³/mol. The molecule has 1 amide bonds. The van der Waals surface area contributed by atoms with E-state index in [1.54, 1.807) is 18.2 Å². The van der Waals surface area contributed by atoms with Crippen LogP contribution in [0.25, 0.3) is 0 Å². The van der Waals surface area contributed by atoms with Crippen molar-refractivity contribution in [3.63, 3.8) is 0 Å². The van der Waals surface area contributed by atoms with E-state index in [-0.39, 0.29) is 18.4 Å². The van der Waals surface area contributed by atoms with Crippen molar-refractivity contribution >= 4 is 28.9 Å². The van der Waals surface area contributed by atoms with Crippen LogP contribution in [-0.2, 0) is 14.3 Å². The Hall–Kier alpha value is -1.30. The summed E-state index contributed by atoms with van der Waals surface area (Å²) in [5.74, 6) is -0.133. The topological polar surface area (TPSA) is 73.6 Å². The summed E-state index contributed by atoms with van der Waals surface area (Å²) in [7, 11) is 0. The van der Waals surface area contributed by atoms with Gasteiger partial charge in [0, 0.05) is 12.3 Å². The summed E-state index contributed by atoms with van der Waals surface area (Å²) in [6.45, 7) is 1.73. The largest absolute Gasteiger partial charge is 0.399 e. The van der Waals surface area contributed by atoms with Crippen LogP contribution in [0.3, 0.4) is 0 Å². The third-order valence-electron chi connectivity index (χ3n) is 3.32. The monoisotopic (exact) mass is 312 g/mol. The number of carbonyl (C=O) groups is 1. The number of halogens is 1. The van der Waals surface area contributed by atoms with Crippen LogP contribution in [0.4, 0.5) is 11.4 Å². The maximum Gasteiger partial charge on any atom is 0.226 e. The molecule has 2 rings (SSSR count). The average molecular weight is 313 g/mol. The number of ether oxygens (including phenoxy) is 2. The van der Waals surface area contributed by atoms with Gasteiger partial charge >= 0.3 is 0 Å². The van der Waals surface area contributed by atoms with Gasteiger partial charge in [0.05, 0.1) is 36.4 Å². The molecule has 0 spiro atoms. The number of carbonyl (C=O) groups excluding carboxylic acids is 1. The van der Waals surface area contributed by atoms with Crippen LogP contribution in [0.1, 0.15) is 25.7 Å². The fourth-order valence-corrected chi connectivity index (χ4v) is 2.40. The van der Waals surface area contributed by atoms with Crippen molar-refractivity contribution in [3.05, 3.63) is 23.2 Å². The van der Waals surface area contributed by atoms with E-state index in [1.807, 2.05) is 0 Å². The Balaban J connectivity index is 1.65. The standard InChI is InChI=1S/C15H21ClN2O3/c16-13-9-11(17)4-5-14(13)18-15(19)6-8-20-10-12-3-1-2-7-21-12/h4-5,9,12H,1-3,6-8,10,17H2,(H,18,19). The molecule has 0 radical (unpaired) electrons. The summed E-state index contributed by atoms with van der Waals surface area (Å²) in [6.07, 6.45) is 3.81. The smallest absolute Gasteiger partial charge is 0.226 e. The first-order valence-corrected chi connectivity index (χ1v) is 7.57. The second-order valence-electron chi connectivity index (χ2n) is 5.10. The van der Waals surface area contributed by atoms with Crippen molar-refractivity contribution in [2.45, 2.75) is 31.8 Å². The molecule has 0 bridgehead atoms. The zero-order valence-electron chi connectivity index (χ0n) is 11.9. The summed E-state index contributed by atoms with van der Waals surface area (Å²) in [5.41, 5.74) is 6.72. The normalized spacial score (nSPS) is 18.4. The van der Waals surface area contributed by atoms with E-state index in [9.17, 15) is 4.79 Å². The number of hydrogen-bond donors (Lipinski definition) is 2. The van der Waals surface area contributed by atoms with Gasteiger partial charge in [-0.15, -0.1) is 0 Å². The highest BCUT2D eigenvalue weighted by Gasteiger charge is 2.14. The summed E-state index contributed by atoms with van der Waals surface area (Å²) in [6, 6.07) is 4.98. The van der Waals surface area contributed by atoms with Crippen molar-refractivity contribution < 1.29 is 14.3 Å². The van der Waals surface area contributed by atoms with Gasteiger partial charge in [0.25, 0.3) is 0 Å². The zero-order valence-corrected chi connectivity index (χ0v) is 12.7. The molecule has 1 fully saturated rings. The van der Waals surface area contributed by atoms with Gasteiger partial charge in [0.15, 0.2) is 0 Å². The van der Waals surface area contributed by atoms with Crippen molar-refractivity contribution in [1.29, 1.82) is 0 Å². The second kappa shape index (κ2) is 8.22. The Morgan fingerprint density at radius 1 is 1.48 bits per heavy atom. The van der Waals surface area contributed by atoms with Crippen LogP contribution in [0.15, 0.2) is 18.2 Å². The third kappa shape index (κ3) is 5.53. The number of nitrogens with one attached hydrogen (secondary N) is 1. The number of hydrogen-bond acceptors (Lipinski definition) is 4. The molecule has 6 heteroatoms. The molecule has 3 N–H and O–H groups in total. The van der Waals surface area contributed by atoms with Gasteiger partial charge in [-0.25, -0.2) is 0 Å². The second-order valence-corrected chi connectivity index (χ2v) is 5.51. The first-order chi connectivity index (χ1) is 10.1. The molecule has 0 aromatic heterocycles. The van der Waals surface area contributed by atoms with E-state index >= 15 is 0 Å². The van der Waals surface area contributed by atoms with E-state index in [0.29, 0.717) is 29.6 Å². The molecule has 0 saturated carbocycles. The lowest BCUT2D eigenvalue weighted by Gasteiger charge is -2.22. The Morgan fingerprint density at radius 2 is 2.33 bits per heavy atom. The molecular formula is C15H21ClN2O3. The van der Waals surface area contributed by atoms with E-state index < -0.39 is 0 Å². The van der Waals surface area contributed by atoms with Gasteiger partial charge < -0.3 is 20.5 Å². The lowest BCUT2D eigenvalue weighted by Crippen LogP contribution is -2.25. The molecule has 0 aliphatic carbocycles. The highest BCUT2D eigenvalue weighted by atomic mass is 35.5. The molecule has 116 valence electrons. The van der Waals surface area contributed by atoms with Crippen molar-refractivity contribution in [2.75, 3.05) is 30.9 Å². The minimum Gasteiger partial charge on any atom is -0.399 e. The van der Waals surface area contributed by atoms with E-state index in [4.69, 9.17) is 26.8 Å². The van der Waals surface area contributed by atoms with Gasteiger partial charge in [-0.1, -0.05) is 11.6 Å². The fraction of sp³-hybridized carbons (Fsp3) is 0.533. The first kappa shape index (κ1) is 16.1. The fourth-order valence-electron chi connectivity index (χ4n) is 2.16. The SMILES string of the molecule is Nc1ccc(NC(=O)CCOCC2CCCCO2)c(Cl)c1. The molecule has 21 heavy (non-hydrogen) atoms. The van der Waals surface area contributed by atoms with Gasteiger partial charge in [-0.05, 0) is 37.5 Å². The van der Waals surface area contributed by atoms with E-state index in [1.165, 1.54) is 6.42 Å². The Bertz CT molecular complexity index is 476. The van der Waals surface area contributed by atoms with Gasteiger partial charge in [0.2, 0.25) is 5.91 Å². The molecule has 1 aliphatic heterocycles. The maximum atomic E-state index is 11.8. The Morgan fingerprint density at radius 3 is 3.05 bits per heavy atom. The summed E-state index contributed by atoms with van der Waals surface area (Å²) in [5, 5.41) is 3.17. The van der Waals surface area contributed by atoms with Crippen LogP contribution in [0.5, 0.6) is 0 Å². The molecule has 1 aliphatic rings. The van der Waals surface area contributed by atoms with E-state index in [0.717, 1.165) is 19.4 Å². The number of amides is 1. The summed E-state index contributed by atoms with van der Waals surface area (Å²) < 4.78 is 11.0. The van der Waals surface area contributed by atoms with Crippen LogP contribution in [-0.4, -0.2) is 31.8 Å². The van der Waals surface area contributed by atoms with Crippen LogP contribution < -0.4 is 11.1 Å². The number of anilines is 2. The lowest BCUT2D eigenvalue weighted by molar-refractivity contribution is -0.117. The highest BCUT2D eigenvalue weighted by Crippen LogP contribution is 2.24. The minimum atomic E-state index is -0.133. The number of benzene rings is 1. The van der Waals surface area contributed by atoms with Crippen molar-refractivity contribution in [1.82, 2.24) is 0 Å². The van der Waals surface area contributed by atoms with Crippen LogP contribution in [0, 0.1) is 0 Å². The van der Waals surface area contributed by atoms with Gasteiger partial charge in [-0.2, -0.15) is 0 Å². The Labute approximate surface area is 129 Å². The summed E-state index contributed by atoms with van der Waals surface area (Å²) >= 11 is 5.99. The predicted octanol–water partition coefficient (Wildman–Crippen LogP) is 2.84. The molecular weight excluding hydrogens is 292 g/mol. The molecule has 1 atom stereocenters. The molecule has 5 nitrogen and oxygen atoms in total. The number of rotatable bonds is 6. The number of nitrogen functional groups attached to an aromatic ring is 1. The molecule has 1 unspecified atom stereocenters. The van der Waals surface area contributed by atoms with Crippen LogP contribution in [0.2, 0.25) is 5.02 Å². The van der Waals surface area contributed by atoms with Crippen LogP contribution >= 0.6 is 11.6 Å². The third-order valence-corrected chi connectivity index (χ3v) is 3.63. The van der Waals surface area contributed by atoms with E-state index in [2.05, 4.69) is 5.32 Å². The highest BCUT2D eigenvalue weighted by molar-refractivity contribution is 6.34. The van der Waals surface area contributed by atoms with Crippen molar-refractivity contribution in [3.8, 4) is 0 Å². The molecule has 1 heterocycles. The molecule has 1 aromatic carbocycles. The molecule has 1 aromatic rings. The number of nitrogens with two attached hydrogens (primary N) is 1. The Kier molecular flexibility index (Phi) is 6.29. The van der Waals surface area contributed by atoms with Gasteiger partial charge in [-0.3, -0.25) is 4.79 Å². The average Bonchev–Trinajstić information content (AvgIpc) is 2.48. The first-order valence-electron chi connectivity index (χ1n) is 7.19. The molecule has 1 saturated heterocycles. The summed E-state index contributed by atoms with van der Waals surface area (Å²) in [4.78, 5) is 11.8. The maximum absolute atomic E-state index is 11.8. The quantitative estimate of drug-likeness (QED) is 0.626. The van der Waals surface area contributed by atoms with Gasteiger partial charge in [0.1, 0.15) is 0 Å². The zero-order chi connectivity index (χ0) is 15.1.